The molecule has 2 saturated heterocycles. The lowest BCUT2D eigenvalue weighted by Gasteiger charge is -2.35. The van der Waals surface area contributed by atoms with Crippen molar-refractivity contribution in [2.24, 2.45) is 0 Å². The Labute approximate surface area is 147 Å². The molecule has 6 heteroatoms. The smallest absolute Gasteiger partial charge is 0.0963 e. The van der Waals surface area contributed by atoms with E-state index in [0.29, 0.717) is 0 Å². The van der Waals surface area contributed by atoms with Crippen LogP contribution in [-0.4, -0.2) is 53.2 Å². The van der Waals surface area contributed by atoms with Gasteiger partial charge in [-0.15, -0.1) is 0 Å². The number of morpholine rings is 1. The standard InChI is InChI=1S/C18H22ClN3O2/c19-15-3-5-16(6-4-15)22-12-14(10-20-22)11-21-7-9-24-18(13-21)17-2-1-8-23-17/h3-6,10,12,17-18H,1-2,7-9,11,13H2/t17-,18-/m0/s1. The quantitative estimate of drug-likeness (QED) is 0.852. The third-order valence-electron chi connectivity index (χ3n) is 4.69. The minimum atomic E-state index is 0.201. The first kappa shape index (κ1) is 16.1. The van der Waals surface area contributed by atoms with Crippen LogP contribution in [0.25, 0.3) is 5.69 Å². The predicted molar refractivity (Wildman–Crippen MR) is 92.6 cm³/mol. The average Bonchev–Trinajstić information content (AvgIpc) is 3.28. The van der Waals surface area contributed by atoms with E-state index in [0.717, 1.165) is 56.4 Å². The Morgan fingerprint density at radius 1 is 1.12 bits per heavy atom. The van der Waals surface area contributed by atoms with Gasteiger partial charge >= 0.3 is 0 Å². The zero-order valence-corrected chi connectivity index (χ0v) is 14.4. The van der Waals surface area contributed by atoms with E-state index in [1.54, 1.807) is 0 Å². The van der Waals surface area contributed by atoms with E-state index < -0.39 is 0 Å². The van der Waals surface area contributed by atoms with Crippen molar-refractivity contribution < 1.29 is 9.47 Å². The molecule has 5 nitrogen and oxygen atoms in total. The third kappa shape index (κ3) is 3.64. The summed E-state index contributed by atoms with van der Waals surface area (Å²) in [4.78, 5) is 2.43. The zero-order valence-electron chi connectivity index (χ0n) is 13.6. The highest BCUT2D eigenvalue weighted by atomic mass is 35.5. The lowest BCUT2D eigenvalue weighted by molar-refractivity contribution is -0.0959. The first-order valence-corrected chi connectivity index (χ1v) is 8.91. The Bertz CT molecular complexity index is 667. The molecule has 0 radical (unpaired) electrons. The monoisotopic (exact) mass is 347 g/mol. The van der Waals surface area contributed by atoms with E-state index in [-0.39, 0.29) is 12.2 Å². The molecule has 0 amide bonds. The van der Waals surface area contributed by atoms with Crippen LogP contribution >= 0.6 is 11.6 Å². The molecule has 2 fully saturated rings. The number of halogens is 1. The summed E-state index contributed by atoms with van der Waals surface area (Å²) in [5, 5.41) is 5.20. The molecule has 128 valence electrons. The fourth-order valence-corrected chi connectivity index (χ4v) is 3.56. The predicted octanol–water partition coefficient (Wildman–Crippen LogP) is 2.91. The summed E-state index contributed by atoms with van der Waals surface area (Å²) in [6.07, 6.45) is 6.76. The number of ether oxygens (including phenoxy) is 2. The molecule has 0 N–H and O–H groups in total. The van der Waals surface area contributed by atoms with Crippen molar-refractivity contribution in [3.63, 3.8) is 0 Å². The molecule has 0 saturated carbocycles. The molecule has 0 spiro atoms. The fourth-order valence-electron chi connectivity index (χ4n) is 3.43. The van der Waals surface area contributed by atoms with Gasteiger partial charge in [0.2, 0.25) is 0 Å². The number of hydrogen-bond donors (Lipinski definition) is 0. The highest BCUT2D eigenvalue weighted by Gasteiger charge is 2.31. The number of benzene rings is 1. The Morgan fingerprint density at radius 2 is 1.96 bits per heavy atom. The molecular weight excluding hydrogens is 326 g/mol. The van der Waals surface area contributed by atoms with E-state index in [1.807, 2.05) is 35.1 Å². The maximum atomic E-state index is 5.94. The third-order valence-corrected chi connectivity index (χ3v) is 4.94. The van der Waals surface area contributed by atoms with E-state index in [2.05, 4.69) is 16.2 Å². The summed E-state index contributed by atoms with van der Waals surface area (Å²) in [5.74, 6) is 0. The molecule has 4 rings (SSSR count). The van der Waals surface area contributed by atoms with Gasteiger partial charge in [-0.3, -0.25) is 4.90 Å². The van der Waals surface area contributed by atoms with E-state index in [1.165, 1.54) is 5.56 Å². The lowest BCUT2D eigenvalue weighted by Crippen LogP contribution is -2.47. The molecule has 2 atom stereocenters. The van der Waals surface area contributed by atoms with Crippen LogP contribution in [0.2, 0.25) is 5.02 Å². The van der Waals surface area contributed by atoms with Gasteiger partial charge in [-0.05, 0) is 37.1 Å². The van der Waals surface area contributed by atoms with Gasteiger partial charge in [-0.2, -0.15) is 5.10 Å². The van der Waals surface area contributed by atoms with Crippen LogP contribution in [0.4, 0.5) is 0 Å². The minimum Gasteiger partial charge on any atom is -0.375 e. The second-order valence-electron chi connectivity index (χ2n) is 6.47. The maximum Gasteiger partial charge on any atom is 0.0963 e. The van der Waals surface area contributed by atoms with Crippen LogP contribution in [0.1, 0.15) is 18.4 Å². The molecule has 2 aliphatic rings. The molecule has 1 aromatic heterocycles. The summed E-state index contributed by atoms with van der Waals surface area (Å²) in [6.45, 7) is 4.42. The largest absolute Gasteiger partial charge is 0.375 e. The first-order chi connectivity index (χ1) is 11.8. The summed E-state index contributed by atoms with van der Waals surface area (Å²) in [7, 11) is 0. The SMILES string of the molecule is Clc1ccc(-n2cc(CN3CCO[C@H]([C@@H]4CCCO4)C3)cn2)cc1. The molecule has 0 aliphatic carbocycles. The van der Waals surface area contributed by atoms with Crippen LogP contribution in [0.3, 0.4) is 0 Å². The lowest BCUT2D eigenvalue weighted by atomic mass is 10.1. The van der Waals surface area contributed by atoms with Gasteiger partial charge in [0.15, 0.2) is 0 Å². The Kier molecular flexibility index (Phi) is 4.85. The first-order valence-electron chi connectivity index (χ1n) is 8.53. The Balaban J connectivity index is 1.39. The Hall–Kier alpha value is -1.40. The number of hydrogen-bond acceptors (Lipinski definition) is 4. The van der Waals surface area contributed by atoms with Gasteiger partial charge in [-0.1, -0.05) is 11.6 Å². The average molecular weight is 348 g/mol. The van der Waals surface area contributed by atoms with Crippen molar-refractivity contribution in [2.75, 3.05) is 26.3 Å². The number of aromatic nitrogens is 2. The highest BCUT2D eigenvalue weighted by Crippen LogP contribution is 2.22. The van der Waals surface area contributed by atoms with Crippen LogP contribution in [0, 0.1) is 0 Å². The Morgan fingerprint density at radius 3 is 2.75 bits per heavy atom. The van der Waals surface area contributed by atoms with Crippen molar-refractivity contribution in [1.82, 2.24) is 14.7 Å². The molecule has 0 bridgehead atoms. The fraction of sp³-hybridized carbons (Fsp3) is 0.500. The molecular formula is C18H22ClN3O2. The van der Waals surface area contributed by atoms with Gasteiger partial charge in [-0.25, -0.2) is 4.68 Å². The second kappa shape index (κ2) is 7.23. The topological polar surface area (TPSA) is 39.5 Å². The van der Waals surface area contributed by atoms with Crippen LogP contribution in [0.5, 0.6) is 0 Å². The number of nitrogens with zero attached hydrogens (tertiary/aromatic N) is 3. The van der Waals surface area contributed by atoms with Crippen molar-refractivity contribution in [3.05, 3.63) is 47.2 Å². The zero-order chi connectivity index (χ0) is 16.4. The normalized spacial score (nSPS) is 25.2. The second-order valence-corrected chi connectivity index (χ2v) is 6.90. The van der Waals surface area contributed by atoms with Gasteiger partial charge in [0.25, 0.3) is 0 Å². The number of rotatable bonds is 4. The van der Waals surface area contributed by atoms with Crippen molar-refractivity contribution in [1.29, 1.82) is 0 Å². The maximum absolute atomic E-state index is 5.94. The summed E-state index contributed by atoms with van der Waals surface area (Å²) in [5.41, 5.74) is 2.22. The van der Waals surface area contributed by atoms with Crippen LogP contribution in [0.15, 0.2) is 36.7 Å². The van der Waals surface area contributed by atoms with Crippen molar-refractivity contribution in [3.8, 4) is 5.69 Å². The molecule has 2 aliphatic heterocycles. The van der Waals surface area contributed by atoms with Crippen LogP contribution < -0.4 is 0 Å². The van der Waals surface area contributed by atoms with Gasteiger partial charge < -0.3 is 9.47 Å². The minimum absolute atomic E-state index is 0.201. The van der Waals surface area contributed by atoms with E-state index in [4.69, 9.17) is 21.1 Å². The van der Waals surface area contributed by atoms with Crippen molar-refractivity contribution >= 4 is 11.6 Å². The van der Waals surface area contributed by atoms with Gasteiger partial charge in [0.05, 0.1) is 30.7 Å². The van der Waals surface area contributed by atoms with Gasteiger partial charge in [0.1, 0.15) is 0 Å². The summed E-state index contributed by atoms with van der Waals surface area (Å²) < 4.78 is 13.6. The summed E-state index contributed by atoms with van der Waals surface area (Å²) >= 11 is 5.94. The van der Waals surface area contributed by atoms with Crippen LogP contribution in [-0.2, 0) is 16.0 Å². The molecule has 0 unspecified atom stereocenters. The van der Waals surface area contributed by atoms with Crippen molar-refractivity contribution in [2.45, 2.75) is 31.6 Å². The molecule has 1 aromatic carbocycles. The van der Waals surface area contributed by atoms with E-state index >= 15 is 0 Å². The molecule has 24 heavy (non-hydrogen) atoms. The molecule has 2 aromatic rings. The molecule has 3 heterocycles. The highest BCUT2D eigenvalue weighted by molar-refractivity contribution is 6.30. The van der Waals surface area contributed by atoms with E-state index in [9.17, 15) is 0 Å². The van der Waals surface area contributed by atoms with Gasteiger partial charge in [0, 0.05) is 43.0 Å². The summed E-state index contributed by atoms with van der Waals surface area (Å²) in [6, 6.07) is 7.71.